The maximum atomic E-state index is 15.7. The fourth-order valence-corrected chi connectivity index (χ4v) is 13.8. The van der Waals surface area contributed by atoms with Crippen LogP contribution in [0.2, 0.25) is 0 Å². The summed E-state index contributed by atoms with van der Waals surface area (Å²) in [6, 6.07) is 46.2. The van der Waals surface area contributed by atoms with Crippen molar-refractivity contribution < 1.29 is 24.5 Å². The zero-order valence-corrected chi connectivity index (χ0v) is 36.2. The molecule has 12 rings (SSSR count). The predicted octanol–water partition coefficient (Wildman–Crippen LogP) is 12.1. The van der Waals surface area contributed by atoms with E-state index in [4.69, 9.17) is 4.74 Å². The fourth-order valence-electron chi connectivity index (χ4n) is 13.8. The van der Waals surface area contributed by atoms with E-state index in [9.17, 15) is 15.0 Å². The molecule has 2 N–H and O–H groups in total. The van der Waals surface area contributed by atoms with Crippen LogP contribution in [0, 0.1) is 33.5 Å². The second-order valence-corrected chi connectivity index (χ2v) is 19.9. The molecule has 0 heterocycles. The normalized spacial score (nSPS) is 31.5. The van der Waals surface area contributed by atoms with Gasteiger partial charge in [0, 0.05) is 33.9 Å². The monoisotopic (exact) mass is 833 g/mol. The van der Waals surface area contributed by atoms with Gasteiger partial charge < -0.3 is 19.8 Å². The minimum absolute atomic E-state index is 0.0292. The zero-order valence-electron chi connectivity index (χ0n) is 36.2. The van der Waals surface area contributed by atoms with E-state index in [0.29, 0.717) is 30.6 Å². The maximum absolute atomic E-state index is 15.7. The van der Waals surface area contributed by atoms with E-state index in [0.717, 1.165) is 69.5 Å². The number of aliphatic hydroxyl groups is 2. The number of Topliss-reactive ketones (excluding diaryl/α,β-unsaturated/α-hetero) is 1. The highest BCUT2D eigenvalue weighted by atomic mass is 16.6. The van der Waals surface area contributed by atoms with Gasteiger partial charge in [-0.05, 0) is 113 Å². The topological polar surface area (TPSA) is 87.1 Å². The summed E-state index contributed by atoms with van der Waals surface area (Å²) in [6.45, 7) is 4.98. The van der Waals surface area contributed by atoms with Gasteiger partial charge in [0.15, 0.2) is 5.78 Å². The minimum Gasteiger partial charge on any atom is -0.410 e. The zero-order chi connectivity index (χ0) is 43.2. The van der Waals surface area contributed by atoms with E-state index in [-0.39, 0.29) is 36.1 Å². The Kier molecular flexibility index (Phi) is 9.28. The number of allylic oxidation sites excluding steroid dienone is 4. The van der Waals surface area contributed by atoms with Crippen LogP contribution in [0.1, 0.15) is 74.7 Å². The number of rotatable bonds is 8. The molecule has 0 radical (unpaired) electrons. The summed E-state index contributed by atoms with van der Waals surface area (Å²) in [5.41, 5.74) is 1.15. The largest absolute Gasteiger partial charge is 0.415 e. The molecule has 2 spiro atoms. The van der Waals surface area contributed by atoms with Crippen LogP contribution >= 0.6 is 0 Å². The molecule has 318 valence electrons. The van der Waals surface area contributed by atoms with Crippen LogP contribution < -0.4 is 4.74 Å². The van der Waals surface area contributed by atoms with Gasteiger partial charge in [0.2, 0.25) is 0 Å². The summed E-state index contributed by atoms with van der Waals surface area (Å²) < 4.78 is 6.24. The molecule has 1 amide bonds. The third-order valence-electron chi connectivity index (χ3n) is 17.1. The standard InChI is InChI=1S/C57H55NO5/c1-53-28-25-43(59)34-55(53)31-32-57(48(35-55)51(60)47-22-11-10-21-46(47)40-14-4-3-5-15-40)49(53)26-29-54(2)50(57)27-30-56(54,62)37-58(36-42-19-12-18-39-16-8-9-20-45(39)42)52(61)63-44-24-23-38-13-6-7-17-41(38)33-44/h3-24,31-33,35,43,49-50,59,62H,25-30,34,36-37H2,1-2H3/t43?,49-,50-,53-,54+,55+,56-,57-/m1/s1. The Bertz CT molecular complexity index is 2860. The molecule has 0 aliphatic heterocycles. The van der Waals surface area contributed by atoms with E-state index in [1.165, 1.54) is 0 Å². The first kappa shape index (κ1) is 40.0. The summed E-state index contributed by atoms with van der Waals surface area (Å²) in [7, 11) is 0. The number of aliphatic hydroxyl groups excluding tert-OH is 1. The van der Waals surface area contributed by atoms with Crippen LogP contribution in [0.4, 0.5) is 4.79 Å². The number of nitrogens with zero attached hydrogens (tertiary/aromatic N) is 1. The van der Waals surface area contributed by atoms with Crippen LogP contribution in [0.3, 0.4) is 0 Å². The second kappa shape index (κ2) is 14.6. The molecule has 6 nitrogen and oxygen atoms in total. The molecule has 6 aliphatic rings. The minimum atomic E-state index is -1.29. The summed E-state index contributed by atoms with van der Waals surface area (Å²) in [5, 5.41) is 29.0. The molecule has 3 fully saturated rings. The van der Waals surface area contributed by atoms with Gasteiger partial charge in [-0.2, -0.15) is 0 Å². The first-order valence-corrected chi connectivity index (χ1v) is 22.9. The first-order chi connectivity index (χ1) is 30.5. The molecular weight excluding hydrogens is 779 g/mol. The van der Waals surface area contributed by atoms with Crippen molar-refractivity contribution in [2.24, 2.45) is 33.5 Å². The van der Waals surface area contributed by atoms with Gasteiger partial charge in [0.1, 0.15) is 5.75 Å². The van der Waals surface area contributed by atoms with Crippen molar-refractivity contribution in [3.8, 4) is 16.9 Å². The summed E-state index contributed by atoms with van der Waals surface area (Å²) in [6.07, 6.45) is 11.0. The van der Waals surface area contributed by atoms with Crippen LogP contribution in [0.5, 0.6) is 5.75 Å². The quantitative estimate of drug-likeness (QED) is 0.118. The number of ketones is 1. The molecule has 6 aromatic carbocycles. The lowest BCUT2D eigenvalue weighted by atomic mass is 9.32. The fraction of sp³-hybridized carbons (Fsp3) is 0.333. The van der Waals surface area contributed by atoms with E-state index < -0.39 is 34.0 Å². The molecule has 0 saturated heterocycles. The van der Waals surface area contributed by atoms with Gasteiger partial charge in [-0.25, -0.2) is 4.79 Å². The Labute approximate surface area is 369 Å². The Morgan fingerprint density at radius 1 is 0.698 bits per heavy atom. The van der Waals surface area contributed by atoms with Gasteiger partial charge >= 0.3 is 6.09 Å². The third-order valence-corrected chi connectivity index (χ3v) is 17.1. The molecule has 0 aromatic heterocycles. The summed E-state index contributed by atoms with van der Waals surface area (Å²) in [4.78, 5) is 32.1. The third kappa shape index (κ3) is 5.97. The highest BCUT2D eigenvalue weighted by molar-refractivity contribution is 6.14. The van der Waals surface area contributed by atoms with E-state index in [1.54, 1.807) is 4.90 Å². The van der Waals surface area contributed by atoms with Crippen molar-refractivity contribution in [1.82, 2.24) is 4.90 Å². The van der Waals surface area contributed by atoms with E-state index in [1.807, 2.05) is 103 Å². The number of ether oxygens (including phenoxy) is 1. The molecule has 6 aromatic rings. The number of amides is 1. The Balaban J connectivity index is 1.000. The predicted molar refractivity (Wildman–Crippen MR) is 249 cm³/mol. The number of hydrogen-bond acceptors (Lipinski definition) is 5. The molecule has 6 heteroatoms. The highest BCUT2D eigenvalue weighted by Gasteiger charge is 2.74. The van der Waals surface area contributed by atoms with Crippen LogP contribution in [0.15, 0.2) is 163 Å². The molecule has 3 saturated carbocycles. The highest BCUT2D eigenvalue weighted by Crippen LogP contribution is 2.78. The lowest BCUT2D eigenvalue weighted by molar-refractivity contribution is -0.175. The molecule has 8 atom stereocenters. The smallest absolute Gasteiger partial charge is 0.410 e. The molecule has 2 bridgehead atoms. The Hall–Kier alpha value is -5.82. The van der Waals surface area contributed by atoms with Gasteiger partial charge in [0.05, 0.1) is 18.2 Å². The number of hydrogen-bond donors (Lipinski definition) is 2. The second-order valence-electron chi connectivity index (χ2n) is 19.9. The number of carbonyl (C=O) groups is 2. The van der Waals surface area contributed by atoms with Crippen LogP contribution in [-0.2, 0) is 6.54 Å². The number of fused-ring (bicyclic) bond motifs is 3. The number of benzene rings is 6. The Morgan fingerprint density at radius 2 is 1.38 bits per heavy atom. The number of carbonyl (C=O) groups excluding carboxylic acids is 2. The van der Waals surface area contributed by atoms with Crippen molar-refractivity contribution in [2.75, 3.05) is 6.54 Å². The molecule has 6 aliphatic carbocycles. The van der Waals surface area contributed by atoms with E-state index in [2.05, 4.69) is 68.5 Å². The van der Waals surface area contributed by atoms with Gasteiger partial charge in [-0.15, -0.1) is 0 Å². The lowest BCUT2D eigenvalue weighted by Crippen LogP contribution is -2.67. The molecule has 1 unspecified atom stereocenters. The molecular formula is C57H55NO5. The first-order valence-electron chi connectivity index (χ1n) is 22.9. The SMILES string of the molecule is C[C@]12CC[C@H]3[C@]4(C=C[C@@]5(C=C4C(=O)c4ccccc4-c4ccccc4)CC(O)CC[C@]35C)[C@@H]1CC[C@@]2(O)CN(Cc1cccc2ccccc12)C(=O)Oc1ccc2ccccc2c1. The lowest BCUT2D eigenvalue weighted by Gasteiger charge is -2.71. The van der Waals surface area contributed by atoms with Gasteiger partial charge in [-0.1, -0.05) is 159 Å². The average Bonchev–Trinajstić information content (AvgIpc) is 3.58. The van der Waals surface area contributed by atoms with Crippen molar-refractivity contribution in [3.63, 3.8) is 0 Å². The van der Waals surface area contributed by atoms with Crippen LogP contribution in [-0.4, -0.2) is 45.2 Å². The van der Waals surface area contributed by atoms with Crippen molar-refractivity contribution in [3.05, 3.63) is 174 Å². The average molecular weight is 834 g/mol. The van der Waals surface area contributed by atoms with Crippen LogP contribution in [0.25, 0.3) is 32.7 Å². The molecule has 63 heavy (non-hydrogen) atoms. The maximum Gasteiger partial charge on any atom is 0.415 e. The van der Waals surface area contributed by atoms with Crippen molar-refractivity contribution in [2.45, 2.75) is 77.0 Å². The van der Waals surface area contributed by atoms with E-state index >= 15 is 4.79 Å². The summed E-state index contributed by atoms with van der Waals surface area (Å²) >= 11 is 0. The van der Waals surface area contributed by atoms with Crippen molar-refractivity contribution >= 4 is 33.4 Å². The van der Waals surface area contributed by atoms with Gasteiger partial charge in [0.25, 0.3) is 0 Å². The summed E-state index contributed by atoms with van der Waals surface area (Å²) in [5.74, 6) is 0.542. The van der Waals surface area contributed by atoms with Gasteiger partial charge in [-0.3, -0.25) is 4.79 Å². The Morgan fingerprint density at radius 3 is 2.22 bits per heavy atom. The van der Waals surface area contributed by atoms with Crippen molar-refractivity contribution in [1.29, 1.82) is 0 Å².